The second kappa shape index (κ2) is 7.44. The Balaban J connectivity index is 2.19. The van der Waals surface area contributed by atoms with Gasteiger partial charge >= 0.3 is 12.2 Å². The highest BCUT2D eigenvalue weighted by molar-refractivity contribution is 6.30. The van der Waals surface area contributed by atoms with Crippen molar-refractivity contribution in [2.45, 2.75) is 37.5 Å². The Labute approximate surface area is 167 Å². The first kappa shape index (κ1) is 20.7. The summed E-state index contributed by atoms with van der Waals surface area (Å²) in [6.07, 6.45) is 2.14. The van der Waals surface area contributed by atoms with Crippen LogP contribution in [0.1, 0.15) is 25.3 Å². The van der Waals surface area contributed by atoms with Crippen LogP contribution in [-0.4, -0.2) is 48.7 Å². The number of benzene rings is 1. The lowest BCUT2D eigenvalue weighted by atomic mass is 9.74. The molecule has 1 aromatic carbocycles. The number of halogens is 4. The Morgan fingerprint density at radius 1 is 1.36 bits per heavy atom. The zero-order chi connectivity index (χ0) is 20.7. The summed E-state index contributed by atoms with van der Waals surface area (Å²) < 4.78 is 40.2. The van der Waals surface area contributed by atoms with E-state index >= 15 is 0 Å². The van der Waals surface area contributed by atoms with Crippen molar-refractivity contribution in [1.29, 1.82) is 0 Å². The lowest BCUT2D eigenvalue weighted by Crippen LogP contribution is -2.58. The smallest absolute Gasteiger partial charge is 0.307 e. The molecule has 2 atom stereocenters. The number of urea groups is 1. The molecule has 1 aliphatic heterocycles. The molecule has 0 fully saturated rings. The fraction of sp³-hybridized carbons (Fsp3) is 0.450. The molecule has 152 valence electrons. The summed E-state index contributed by atoms with van der Waals surface area (Å²) in [5, 5.41) is 2.99. The summed E-state index contributed by atoms with van der Waals surface area (Å²) >= 11 is 6.18. The maximum atomic E-state index is 13.4. The Morgan fingerprint density at radius 3 is 2.61 bits per heavy atom. The summed E-state index contributed by atoms with van der Waals surface area (Å²) in [6, 6.07) is 4.30. The van der Waals surface area contributed by atoms with Gasteiger partial charge in [0.1, 0.15) is 6.54 Å². The van der Waals surface area contributed by atoms with Crippen molar-refractivity contribution >= 4 is 23.3 Å². The van der Waals surface area contributed by atoms with Crippen LogP contribution in [0.2, 0.25) is 5.02 Å². The van der Waals surface area contributed by atoms with Crippen LogP contribution < -0.4 is 5.32 Å². The Kier molecular flexibility index (Phi) is 5.51. The van der Waals surface area contributed by atoms with Crippen molar-refractivity contribution in [3.63, 3.8) is 0 Å². The molecule has 1 aliphatic carbocycles. The van der Waals surface area contributed by atoms with Gasteiger partial charge in [-0.3, -0.25) is 0 Å². The van der Waals surface area contributed by atoms with E-state index in [4.69, 9.17) is 11.6 Å². The molecule has 2 aliphatic rings. The second-order valence-electron chi connectivity index (χ2n) is 7.32. The molecule has 0 radical (unpaired) electrons. The molecule has 2 unspecified atom stereocenters. The second-order valence-corrected chi connectivity index (χ2v) is 7.76. The molecule has 8 heteroatoms. The average Bonchev–Trinajstić information content (AvgIpc) is 2.62. The van der Waals surface area contributed by atoms with E-state index in [0.29, 0.717) is 28.3 Å². The summed E-state index contributed by atoms with van der Waals surface area (Å²) in [5.41, 5.74) is 0.492. The van der Waals surface area contributed by atoms with Gasteiger partial charge < -0.3 is 15.1 Å². The van der Waals surface area contributed by atoms with E-state index in [2.05, 4.69) is 5.32 Å². The number of rotatable bonds is 4. The number of nitrogens with zero attached hydrogens (tertiary/aromatic N) is 2. The molecule has 0 saturated carbocycles. The number of alkyl halides is 3. The minimum absolute atomic E-state index is 0.157. The zero-order valence-electron chi connectivity index (χ0n) is 16.0. The van der Waals surface area contributed by atoms with Crippen LogP contribution >= 0.6 is 11.6 Å². The topological polar surface area (TPSA) is 35.6 Å². The maximum Gasteiger partial charge on any atom is 0.406 e. The standard InChI is InChI=1S/C20H23ClF3N3O/c1-4-19(13-5-8-15(9-6-13)26(2)3)16-11-14(21)7-10-17(16)25-18(28)27(19)12-20(22,23)24/h5-8,10-11,15H,4,9,12H2,1-3H3,(H,25,28). The zero-order valence-corrected chi connectivity index (χ0v) is 16.7. The first-order chi connectivity index (χ1) is 13.1. The van der Waals surface area contributed by atoms with Gasteiger partial charge in [-0.15, -0.1) is 0 Å². The monoisotopic (exact) mass is 413 g/mol. The van der Waals surface area contributed by atoms with Gasteiger partial charge in [-0.1, -0.05) is 36.8 Å². The SMILES string of the molecule is CCC1(C2=CCC(N(C)C)C=C2)c2cc(Cl)ccc2NC(=O)N1CC(F)(F)F. The van der Waals surface area contributed by atoms with Crippen LogP contribution in [0.15, 0.2) is 42.0 Å². The number of anilines is 1. The predicted molar refractivity (Wildman–Crippen MR) is 105 cm³/mol. The van der Waals surface area contributed by atoms with Crippen LogP contribution in [0.25, 0.3) is 0 Å². The lowest BCUT2D eigenvalue weighted by molar-refractivity contribution is -0.148. The van der Waals surface area contributed by atoms with Gasteiger partial charge in [-0.05, 0) is 50.7 Å². The number of fused-ring (bicyclic) bond motifs is 1. The van der Waals surface area contributed by atoms with Gasteiger partial charge in [0.2, 0.25) is 0 Å². The first-order valence-electron chi connectivity index (χ1n) is 9.09. The first-order valence-corrected chi connectivity index (χ1v) is 9.47. The Morgan fingerprint density at radius 2 is 2.07 bits per heavy atom. The van der Waals surface area contributed by atoms with Crippen LogP contribution in [0.5, 0.6) is 0 Å². The number of hydrogen-bond acceptors (Lipinski definition) is 2. The van der Waals surface area contributed by atoms with Gasteiger partial charge in [0, 0.05) is 22.3 Å². The predicted octanol–water partition coefficient (Wildman–Crippen LogP) is 5.17. The van der Waals surface area contributed by atoms with Crippen molar-refractivity contribution in [1.82, 2.24) is 9.80 Å². The lowest BCUT2D eigenvalue weighted by Gasteiger charge is -2.49. The van der Waals surface area contributed by atoms with Crippen molar-refractivity contribution in [2.75, 3.05) is 26.0 Å². The molecular weight excluding hydrogens is 391 g/mol. The van der Waals surface area contributed by atoms with E-state index in [0.717, 1.165) is 4.90 Å². The minimum Gasteiger partial charge on any atom is -0.307 e. The molecule has 4 nitrogen and oxygen atoms in total. The van der Waals surface area contributed by atoms with E-state index in [1.54, 1.807) is 25.1 Å². The number of carbonyl (C=O) groups is 1. The minimum atomic E-state index is -4.53. The van der Waals surface area contributed by atoms with E-state index in [1.807, 2.05) is 37.2 Å². The molecule has 1 aromatic rings. The number of carbonyl (C=O) groups excluding carboxylic acids is 1. The fourth-order valence-electron chi connectivity index (χ4n) is 4.05. The summed E-state index contributed by atoms with van der Waals surface area (Å²) in [7, 11) is 3.89. The number of nitrogens with one attached hydrogen (secondary N) is 1. The molecule has 28 heavy (non-hydrogen) atoms. The number of hydrogen-bond donors (Lipinski definition) is 1. The van der Waals surface area contributed by atoms with Crippen LogP contribution in [0.3, 0.4) is 0 Å². The summed E-state index contributed by atoms with van der Waals surface area (Å²) in [4.78, 5) is 15.7. The van der Waals surface area contributed by atoms with E-state index in [-0.39, 0.29) is 12.5 Å². The van der Waals surface area contributed by atoms with Crippen LogP contribution in [0, 0.1) is 0 Å². The van der Waals surface area contributed by atoms with Gasteiger partial charge in [-0.25, -0.2) is 4.79 Å². The van der Waals surface area contributed by atoms with Crippen LogP contribution in [-0.2, 0) is 5.54 Å². The third kappa shape index (κ3) is 3.65. The fourth-order valence-corrected chi connectivity index (χ4v) is 4.22. The highest BCUT2D eigenvalue weighted by Crippen LogP contribution is 2.48. The van der Waals surface area contributed by atoms with E-state index in [9.17, 15) is 18.0 Å². The van der Waals surface area contributed by atoms with Gasteiger partial charge in [0.25, 0.3) is 0 Å². The molecule has 2 amide bonds. The van der Waals surface area contributed by atoms with Gasteiger partial charge in [-0.2, -0.15) is 13.2 Å². The third-order valence-electron chi connectivity index (χ3n) is 5.44. The van der Waals surface area contributed by atoms with Crippen molar-refractivity contribution in [3.8, 4) is 0 Å². The molecule has 0 aromatic heterocycles. The molecule has 1 N–H and O–H groups in total. The van der Waals surface area contributed by atoms with Gasteiger partial charge in [0.15, 0.2) is 0 Å². The Hall–Kier alpha value is -1.99. The molecular formula is C20H23ClF3N3O. The largest absolute Gasteiger partial charge is 0.406 e. The molecule has 0 saturated heterocycles. The van der Waals surface area contributed by atoms with Gasteiger partial charge in [0.05, 0.1) is 5.54 Å². The number of amides is 2. The van der Waals surface area contributed by atoms with E-state index in [1.165, 1.54) is 0 Å². The van der Waals surface area contributed by atoms with Crippen molar-refractivity contribution in [3.05, 3.63) is 52.6 Å². The van der Waals surface area contributed by atoms with Crippen molar-refractivity contribution in [2.24, 2.45) is 0 Å². The molecule has 0 spiro atoms. The average molecular weight is 414 g/mol. The Bertz CT molecular complexity index is 834. The number of likely N-dealkylation sites (N-methyl/N-ethyl adjacent to an activating group) is 1. The molecule has 1 heterocycles. The van der Waals surface area contributed by atoms with Crippen molar-refractivity contribution < 1.29 is 18.0 Å². The highest BCUT2D eigenvalue weighted by atomic mass is 35.5. The normalized spacial score (nSPS) is 24.9. The highest BCUT2D eigenvalue weighted by Gasteiger charge is 2.51. The quantitative estimate of drug-likeness (QED) is 0.739. The molecule has 3 rings (SSSR count). The summed E-state index contributed by atoms with van der Waals surface area (Å²) in [5.74, 6) is 0. The molecule has 0 bridgehead atoms. The summed E-state index contributed by atoms with van der Waals surface area (Å²) in [6.45, 7) is 0.445. The maximum absolute atomic E-state index is 13.4. The van der Waals surface area contributed by atoms with Crippen LogP contribution in [0.4, 0.5) is 23.7 Å². The third-order valence-corrected chi connectivity index (χ3v) is 5.68. The van der Waals surface area contributed by atoms with E-state index < -0.39 is 24.3 Å².